The van der Waals surface area contributed by atoms with E-state index in [1.807, 2.05) is 0 Å². The normalized spacial score (nSPS) is 26.6. The Morgan fingerprint density at radius 1 is 0.897 bits per heavy atom. The second-order valence-corrected chi connectivity index (χ2v) is 21.5. The highest BCUT2D eigenvalue weighted by Crippen LogP contribution is 2.74. The number of aromatic amines is 2. The summed E-state index contributed by atoms with van der Waals surface area (Å²) in [4.78, 5) is 42.3. The van der Waals surface area contributed by atoms with Gasteiger partial charge in [0, 0.05) is 61.0 Å². The molecule has 0 spiro atoms. The average Bonchev–Trinajstić information content (AvgIpc) is 3.94. The third-order valence-corrected chi connectivity index (χ3v) is 17.1. The zero-order valence-electron chi connectivity index (χ0n) is 36.3. The van der Waals surface area contributed by atoms with Gasteiger partial charge in [-0.15, -0.1) is 5.11 Å². The van der Waals surface area contributed by atoms with Gasteiger partial charge in [0.15, 0.2) is 34.9 Å². The first-order chi connectivity index (χ1) is 32.1. The molecule has 5 rings (SSSR count). The van der Waals surface area contributed by atoms with Crippen LogP contribution in [0.1, 0.15) is 6.23 Å². The summed E-state index contributed by atoms with van der Waals surface area (Å²) in [6.07, 6.45) is -9.26. The lowest BCUT2D eigenvalue weighted by Crippen LogP contribution is -2.42. The minimum absolute atomic E-state index is 0.0457. The van der Waals surface area contributed by atoms with E-state index >= 15 is 0 Å². The van der Waals surface area contributed by atoms with Gasteiger partial charge in [0.25, 0.3) is 11.1 Å². The largest absolute Gasteiger partial charge is 0.491 e. The van der Waals surface area contributed by atoms with Crippen LogP contribution in [0.2, 0.25) is 0 Å². The van der Waals surface area contributed by atoms with E-state index in [-0.39, 0.29) is 47.7 Å². The van der Waals surface area contributed by atoms with Crippen molar-refractivity contribution in [3.05, 3.63) is 51.5 Å². The molecule has 0 radical (unpaired) electrons. The first kappa shape index (κ1) is 54.6. The fourth-order valence-corrected chi connectivity index (χ4v) is 12.3. The number of imidazole rings is 1. The Morgan fingerprint density at radius 2 is 1.53 bits per heavy atom. The van der Waals surface area contributed by atoms with Gasteiger partial charge in [-0.25, -0.2) is 33.6 Å². The molecular formula is C30H50N14O20P4. The van der Waals surface area contributed by atoms with E-state index in [2.05, 4.69) is 52.3 Å². The maximum atomic E-state index is 13.8. The van der Waals surface area contributed by atoms with Gasteiger partial charge in [-0.3, -0.25) is 46.8 Å². The van der Waals surface area contributed by atoms with Crippen molar-refractivity contribution in [3.63, 3.8) is 0 Å². The molecule has 5 heterocycles. The monoisotopic (exact) mass is 1050 g/mol. The highest BCUT2D eigenvalue weighted by atomic mass is 31.3. The van der Waals surface area contributed by atoms with Crippen LogP contribution in [0, 0.1) is 5.53 Å². The number of nitrogens with one attached hydrogen (secondary N) is 6. The number of H-pyrrole nitrogens is 2. The summed E-state index contributed by atoms with van der Waals surface area (Å²) in [5, 5.41) is 53.8. The molecule has 68 heavy (non-hydrogen) atoms. The highest BCUT2D eigenvalue weighted by molar-refractivity contribution is 7.71. The number of phosphoric acid groups is 2. The molecule has 8 unspecified atom stereocenters. The van der Waals surface area contributed by atoms with Crippen molar-refractivity contribution < 1.29 is 83.9 Å². The molecule has 380 valence electrons. The van der Waals surface area contributed by atoms with Crippen LogP contribution in [0.4, 0.5) is 23.4 Å². The lowest BCUT2D eigenvalue weighted by Gasteiger charge is -2.29. The van der Waals surface area contributed by atoms with Gasteiger partial charge in [0.1, 0.15) is 42.3 Å². The molecule has 0 saturated carbocycles. The fourth-order valence-electron chi connectivity index (χ4n) is 6.24. The van der Waals surface area contributed by atoms with Gasteiger partial charge in [0.05, 0.1) is 19.5 Å². The number of ether oxygens (including phenoxy) is 2. The van der Waals surface area contributed by atoms with E-state index < -0.39 is 110 Å². The van der Waals surface area contributed by atoms with E-state index in [1.165, 1.54) is 11.6 Å². The fraction of sp³-hybridized carbons (Fsp3) is 0.567. The molecule has 2 fully saturated rings. The Hall–Kier alpha value is -4.37. The van der Waals surface area contributed by atoms with Gasteiger partial charge in [-0.2, -0.15) is 14.3 Å². The number of hydrogen-bond donors (Lipinski definition) is 12. The van der Waals surface area contributed by atoms with Crippen molar-refractivity contribution in [2.24, 2.45) is 5.11 Å². The molecule has 0 aromatic carbocycles. The van der Waals surface area contributed by atoms with Crippen LogP contribution in [0.25, 0.3) is 11.2 Å². The van der Waals surface area contributed by atoms with Gasteiger partial charge in [0.2, 0.25) is 11.9 Å². The number of nitrogens with two attached hydrogens (primary N) is 2. The van der Waals surface area contributed by atoms with E-state index in [0.29, 0.717) is 0 Å². The predicted molar refractivity (Wildman–Crippen MR) is 232 cm³/mol. The summed E-state index contributed by atoms with van der Waals surface area (Å²) in [6, 6.07) is 0. The Kier molecular flexibility index (Phi) is 18.1. The first-order valence-electron chi connectivity index (χ1n) is 19.2. The lowest BCUT2D eigenvalue weighted by molar-refractivity contribution is -0.0490. The summed E-state index contributed by atoms with van der Waals surface area (Å²) in [5.41, 5.74) is 16.4. The molecule has 0 bridgehead atoms. The molecule has 34 nitrogen and oxygen atoms in total. The highest BCUT2D eigenvalue weighted by Gasteiger charge is 2.51. The average molecular weight is 1050 g/mol. The van der Waals surface area contributed by atoms with Crippen LogP contribution in [0.5, 0.6) is 0 Å². The third-order valence-electron chi connectivity index (χ3n) is 9.63. The molecule has 0 amide bonds. The van der Waals surface area contributed by atoms with Crippen molar-refractivity contribution in [2.75, 3.05) is 83.5 Å². The summed E-state index contributed by atoms with van der Waals surface area (Å²) >= 11 is 0. The van der Waals surface area contributed by atoms with E-state index in [1.54, 1.807) is 0 Å². The van der Waals surface area contributed by atoms with E-state index in [0.717, 1.165) is 52.1 Å². The quantitative estimate of drug-likeness (QED) is 0.0269. The molecular weight excluding hydrogens is 1000 g/mol. The summed E-state index contributed by atoms with van der Waals surface area (Å²) in [6.45, 7) is 1.66. The van der Waals surface area contributed by atoms with Crippen LogP contribution in [-0.2, 0) is 63.5 Å². The van der Waals surface area contributed by atoms with Gasteiger partial charge >= 0.3 is 31.0 Å². The zero-order valence-corrected chi connectivity index (χ0v) is 39.9. The van der Waals surface area contributed by atoms with Crippen molar-refractivity contribution >= 4 is 65.6 Å². The maximum Gasteiger partial charge on any atom is 0.491 e. The number of nitrogens with zero attached hydrogens (tertiary/aromatic N) is 6. The Labute approximate surface area is 383 Å². The second kappa shape index (κ2) is 22.6. The standard InChI is InChI=1S/C30H50N14O20P4/c1-7-43(23-17(34-2)25(49)40-29(31)38-23)27-21(47)20(46)15(61-27)12-60-67(53,57-5)64-68(54,58-6)63-65(51,55-3)16(42-33)10-35-8-9-37-66(52,56-4)59-11-14-19(45)22(48)28(62-14)44-13-36-18-24(44)39-30(32)41-26(18)50/h7,10,13-15,19-22,27-28,33-35,45-48H,1,8-9,11-12H2,2-6H3,(H,37,52)(H3,31,38,40,49)(H3,32,39,41,50)/b16-10+,42-33?/t14-,15-,19?,20?,21?,22?,27-,28-,65?,66?,67?,68?/m1/s1. The number of aliphatic hydroxyl groups is 4. The van der Waals surface area contributed by atoms with Crippen LogP contribution in [-0.4, -0.2) is 155 Å². The van der Waals surface area contributed by atoms with Crippen LogP contribution in [0.3, 0.4) is 0 Å². The number of aromatic nitrogens is 6. The SMILES string of the molecule is C=CN(c1nc(N)[nH]c(=O)c1NC)[C@@H]1O[C@H](COP(=O)(OC)OP(=O)(OC)OP(=O)(OC)/C(=C/NCCNP(=O)(OC)OC[C@H]2O[C@@H](n3cnc4c(=O)[nH]c(N)nc43)C(O)C2O)N=N)C(O)C1O. The number of hydrogen-bond acceptors (Lipinski definition) is 30. The summed E-state index contributed by atoms with van der Waals surface area (Å²) < 4.78 is 107. The molecule has 0 aliphatic carbocycles. The van der Waals surface area contributed by atoms with Crippen molar-refractivity contribution in [2.45, 2.75) is 49.1 Å². The van der Waals surface area contributed by atoms with Crippen LogP contribution >= 0.6 is 31.0 Å². The van der Waals surface area contributed by atoms with Crippen LogP contribution < -0.4 is 43.2 Å². The minimum Gasteiger partial charge on any atom is -0.388 e. The number of aliphatic hydroxyl groups excluding tert-OH is 4. The number of phosphoric ester groups is 1. The second-order valence-electron chi connectivity index (χ2n) is 13.7. The first-order valence-corrected chi connectivity index (χ1v) is 25.2. The Balaban J connectivity index is 1.16. The number of fused-ring (bicyclic) bond motifs is 1. The van der Waals surface area contributed by atoms with Crippen molar-refractivity contribution in [1.82, 2.24) is 39.9 Å². The third kappa shape index (κ3) is 12.0. The van der Waals surface area contributed by atoms with Crippen molar-refractivity contribution in [1.29, 1.82) is 5.53 Å². The van der Waals surface area contributed by atoms with Gasteiger partial charge in [-0.1, -0.05) is 6.58 Å². The molecule has 2 aliphatic heterocycles. The predicted octanol–water partition coefficient (Wildman–Crippen LogP) is -0.697. The molecule has 38 heteroatoms. The summed E-state index contributed by atoms with van der Waals surface area (Å²) in [7, 11) is -14.9. The number of rotatable bonds is 26. The number of nitrogen functional groups attached to an aromatic ring is 2. The minimum atomic E-state index is -5.35. The molecule has 2 saturated heterocycles. The van der Waals surface area contributed by atoms with E-state index in [4.69, 9.17) is 62.2 Å². The lowest BCUT2D eigenvalue weighted by atomic mass is 10.1. The Bertz CT molecular complexity index is 2640. The van der Waals surface area contributed by atoms with Crippen molar-refractivity contribution in [3.8, 4) is 0 Å². The molecule has 12 atom stereocenters. The zero-order chi connectivity index (χ0) is 50.4. The molecule has 2 aliphatic rings. The van der Waals surface area contributed by atoms with Gasteiger partial charge in [-0.05, 0) is 0 Å². The number of anilines is 4. The smallest absolute Gasteiger partial charge is 0.388 e. The maximum absolute atomic E-state index is 13.8. The Morgan fingerprint density at radius 3 is 2.15 bits per heavy atom. The van der Waals surface area contributed by atoms with Gasteiger partial charge < -0.3 is 65.9 Å². The molecule has 3 aromatic rings. The topological polar surface area (TPSA) is 478 Å². The summed E-state index contributed by atoms with van der Waals surface area (Å²) in [5.74, 6) is -0.704. The molecule has 3 aromatic heterocycles. The molecule has 14 N–H and O–H groups in total. The van der Waals surface area contributed by atoms with Crippen LogP contribution in [0.15, 0.2) is 45.4 Å². The van der Waals surface area contributed by atoms with E-state index in [9.17, 15) is 48.3 Å².